The summed E-state index contributed by atoms with van der Waals surface area (Å²) in [5.41, 5.74) is 4.31. The average molecular weight is 939 g/mol. The Morgan fingerprint density at radius 2 is 1.39 bits per heavy atom. The minimum absolute atomic E-state index is 0. The van der Waals surface area contributed by atoms with Crippen LogP contribution in [0.4, 0.5) is 0 Å². The molecule has 3 nitrogen and oxygen atoms in total. The molecule has 0 fully saturated rings. The molecule has 0 aliphatic heterocycles. The van der Waals surface area contributed by atoms with Gasteiger partial charge >= 0.3 is 0 Å². The van der Waals surface area contributed by atoms with Gasteiger partial charge in [0.2, 0.25) is 0 Å². The Labute approximate surface area is 372 Å². The summed E-state index contributed by atoms with van der Waals surface area (Å²) in [4.78, 5) is 8.90. The van der Waals surface area contributed by atoms with Crippen LogP contribution in [0.3, 0.4) is 0 Å². The van der Waals surface area contributed by atoms with Crippen molar-refractivity contribution in [1.82, 2.24) is 9.97 Å². The number of aryl methyl sites for hydroxylation is 4. The van der Waals surface area contributed by atoms with Gasteiger partial charge < -0.3 is 14.4 Å². The summed E-state index contributed by atoms with van der Waals surface area (Å²) in [6, 6.07) is 36.3. The van der Waals surface area contributed by atoms with Crippen LogP contribution in [0.25, 0.3) is 66.7 Å². The maximum atomic E-state index is 8.64. The van der Waals surface area contributed by atoms with Crippen LogP contribution < -0.4 is 0 Å². The second-order valence-corrected chi connectivity index (χ2v) is 15.9. The minimum Gasteiger partial charge on any atom is -0.501 e. The number of fused-ring (bicyclic) bond motifs is 3. The van der Waals surface area contributed by atoms with Gasteiger partial charge in [0.05, 0.1) is 5.58 Å². The number of hydrogen-bond acceptors (Lipinski definition) is 3. The Kier molecular flexibility index (Phi) is 7.85. The van der Waals surface area contributed by atoms with Gasteiger partial charge in [0.1, 0.15) is 5.58 Å². The van der Waals surface area contributed by atoms with E-state index in [9.17, 15) is 0 Å². The monoisotopic (exact) mass is 939 g/mol. The standard InChI is InChI=1S/C37H34NO.C16H18N.Ir/c1-23-19-32(24(2)18-31(23)27-16-14-26(15-17-27)21-37(4,5)6)33-20-34(38-22-25(33)3)30-12-9-11-29-28-10-7-8-13-35(28)39-36(29)30;1-12-5-7-13(8-6-12)15-10-9-14(11-17-15)16(2,3)4;/h7-11,13-20,22H,21H2,1-6H3;5-7,9-11H,1-4H3;/q2*-1;/i1D3,2D3,3D3,21D2;1D3;. The Hall–Kier alpha value is -5.15. The molecule has 291 valence electrons. The molecule has 0 spiro atoms. The maximum Gasteiger partial charge on any atom is 0.120 e. The van der Waals surface area contributed by atoms with Crippen LogP contribution in [0.2, 0.25) is 0 Å². The number of furan rings is 1. The molecule has 3 heterocycles. The summed E-state index contributed by atoms with van der Waals surface area (Å²) in [6.07, 6.45) is 1.32. The molecule has 0 unspecified atom stereocenters. The molecular formula is C53H52IrN2O-2. The largest absolute Gasteiger partial charge is 0.501 e. The average Bonchev–Trinajstić information content (AvgIpc) is 3.66. The number of aromatic nitrogens is 2. The molecule has 1 radical (unpaired) electrons. The molecule has 0 saturated heterocycles. The zero-order valence-electron chi connectivity index (χ0n) is 46.7. The Balaban J connectivity index is 0.000000329. The van der Waals surface area contributed by atoms with Crippen molar-refractivity contribution in [2.45, 2.75) is 80.7 Å². The number of hydrogen-bond donors (Lipinski definition) is 0. The second kappa shape index (κ2) is 16.8. The van der Waals surface area contributed by atoms with E-state index in [1.54, 1.807) is 63.2 Å². The Morgan fingerprint density at radius 3 is 2.05 bits per heavy atom. The normalized spacial score (nSPS) is 16.4. The topological polar surface area (TPSA) is 38.9 Å². The van der Waals surface area contributed by atoms with Crippen LogP contribution in [0, 0.1) is 45.0 Å². The van der Waals surface area contributed by atoms with Crippen LogP contribution in [-0.2, 0) is 31.9 Å². The third-order valence-corrected chi connectivity index (χ3v) is 9.38. The smallest absolute Gasteiger partial charge is 0.120 e. The van der Waals surface area contributed by atoms with E-state index < -0.39 is 39.2 Å². The van der Waals surface area contributed by atoms with E-state index >= 15 is 0 Å². The molecule has 0 aliphatic carbocycles. The van der Waals surface area contributed by atoms with Crippen molar-refractivity contribution >= 4 is 21.9 Å². The van der Waals surface area contributed by atoms with Gasteiger partial charge in [0.15, 0.2) is 0 Å². The molecule has 57 heavy (non-hydrogen) atoms. The molecular weight excluding hydrogens is 873 g/mol. The third kappa shape index (κ3) is 9.36. The van der Waals surface area contributed by atoms with Gasteiger partial charge in [-0.1, -0.05) is 132 Å². The van der Waals surface area contributed by atoms with Crippen molar-refractivity contribution in [3.63, 3.8) is 0 Å². The molecule has 4 heteroatoms. The number of pyridine rings is 2. The van der Waals surface area contributed by atoms with Crippen molar-refractivity contribution in [3.8, 4) is 44.8 Å². The van der Waals surface area contributed by atoms with Crippen molar-refractivity contribution in [1.29, 1.82) is 0 Å². The number of benzene rings is 5. The zero-order chi connectivity index (χ0) is 51.6. The van der Waals surface area contributed by atoms with Crippen LogP contribution in [-0.4, -0.2) is 9.97 Å². The summed E-state index contributed by atoms with van der Waals surface area (Å²) in [6.45, 7) is 1.41. The van der Waals surface area contributed by atoms with Crippen molar-refractivity contribution in [3.05, 3.63) is 167 Å². The summed E-state index contributed by atoms with van der Waals surface area (Å²) >= 11 is 0. The molecule has 8 aromatic rings. The predicted molar refractivity (Wildman–Crippen MR) is 236 cm³/mol. The van der Waals surface area contributed by atoms with E-state index in [4.69, 9.17) is 23.6 Å². The fourth-order valence-electron chi connectivity index (χ4n) is 6.50. The summed E-state index contributed by atoms with van der Waals surface area (Å²) in [7, 11) is 0. The van der Waals surface area contributed by atoms with Gasteiger partial charge in [-0.25, -0.2) is 0 Å². The first-order chi connectivity index (χ1) is 32.3. The van der Waals surface area contributed by atoms with E-state index in [2.05, 4.69) is 42.9 Å². The van der Waals surface area contributed by atoms with Gasteiger partial charge in [0, 0.05) is 57.1 Å². The van der Waals surface area contributed by atoms with Gasteiger partial charge in [-0.3, -0.25) is 0 Å². The zero-order valence-corrected chi connectivity index (χ0v) is 35.1. The van der Waals surface area contributed by atoms with Gasteiger partial charge in [0.25, 0.3) is 0 Å². The number of rotatable bonds is 5. The predicted octanol–water partition coefficient (Wildman–Crippen LogP) is 14.4. The van der Waals surface area contributed by atoms with E-state index in [0.29, 0.717) is 33.4 Å². The van der Waals surface area contributed by atoms with E-state index in [0.717, 1.165) is 22.0 Å². The molecule has 0 saturated carbocycles. The van der Waals surface area contributed by atoms with Gasteiger partial charge in [-0.05, 0) is 105 Å². The maximum absolute atomic E-state index is 8.64. The molecule has 5 aromatic carbocycles. The second-order valence-electron chi connectivity index (χ2n) is 15.9. The Bertz CT molecular complexity index is 3120. The molecule has 0 amide bonds. The van der Waals surface area contributed by atoms with Crippen molar-refractivity contribution in [2.24, 2.45) is 5.41 Å². The number of nitrogens with zero attached hydrogens (tertiary/aromatic N) is 2. The van der Waals surface area contributed by atoms with Gasteiger partial charge in [-0.15, -0.1) is 53.6 Å². The SMILES string of the molecule is [2H]C([2H])([2H])c1c[c-]c(-c2ccc(C(C)(C)C)cn2)cc1.[2H]C([2H])([2H])c1cc(-c2cc(-c3[c-]ccc4c3oc3ccccc34)ncc2C([2H])([2H])[2H])c(C([2H])([2H])[2H])cc1-c1ccc(C([2H])([2H])C(C)(C)C)cc1.[Ir]. The van der Waals surface area contributed by atoms with Crippen LogP contribution in [0.15, 0.2) is 126 Å². The Morgan fingerprint density at radius 1 is 0.667 bits per heavy atom. The molecule has 0 bridgehead atoms. The molecule has 3 aromatic heterocycles. The molecule has 0 N–H and O–H groups in total. The summed E-state index contributed by atoms with van der Waals surface area (Å²) in [5, 5.41) is 1.65. The van der Waals surface area contributed by atoms with Crippen LogP contribution in [0.1, 0.15) is 94.1 Å². The molecule has 0 atom stereocenters. The molecule has 0 aliphatic rings. The fraction of sp³-hybridized carbons (Fsp3) is 0.245. The van der Waals surface area contributed by atoms with Crippen LogP contribution >= 0.6 is 0 Å². The summed E-state index contributed by atoms with van der Waals surface area (Å²) < 4.78 is 121. The first-order valence-corrected chi connectivity index (χ1v) is 18.4. The number of para-hydroxylation sites is 1. The van der Waals surface area contributed by atoms with Crippen LogP contribution in [0.5, 0.6) is 0 Å². The summed E-state index contributed by atoms with van der Waals surface area (Å²) in [5.74, 6) is 0. The minimum atomic E-state index is -2.79. The molecule has 8 rings (SSSR count). The van der Waals surface area contributed by atoms with Crippen molar-refractivity contribution < 1.29 is 43.7 Å². The first kappa shape index (κ1) is 26.7. The first-order valence-electron chi connectivity index (χ1n) is 25.4. The van der Waals surface area contributed by atoms with E-state index in [-0.39, 0.29) is 64.6 Å². The third-order valence-electron chi connectivity index (χ3n) is 9.38. The fourth-order valence-corrected chi connectivity index (χ4v) is 6.50. The van der Waals surface area contributed by atoms with E-state index in [1.165, 1.54) is 36.0 Å². The van der Waals surface area contributed by atoms with Crippen molar-refractivity contribution in [2.75, 3.05) is 0 Å². The quantitative estimate of drug-likeness (QED) is 0.161. The van der Waals surface area contributed by atoms with Gasteiger partial charge in [-0.2, -0.15) is 0 Å². The van der Waals surface area contributed by atoms with E-state index in [1.807, 2.05) is 48.7 Å².